The first-order valence-electron chi connectivity index (χ1n) is 7.11. The topological polar surface area (TPSA) is 66.9 Å². The minimum absolute atomic E-state index is 0.0462. The lowest BCUT2D eigenvalue weighted by Gasteiger charge is -2.05. The first-order valence-corrected chi connectivity index (χ1v) is 7.86. The molecule has 0 saturated heterocycles. The van der Waals surface area contributed by atoms with E-state index in [4.69, 9.17) is 23.2 Å². The molecule has 0 aliphatic rings. The maximum Gasteiger partial charge on any atom is 0.284 e. The van der Waals surface area contributed by atoms with Gasteiger partial charge in [0.05, 0.1) is 15.7 Å². The van der Waals surface area contributed by atoms with Crippen molar-refractivity contribution in [2.75, 3.05) is 5.32 Å². The smallest absolute Gasteiger partial charge is 0.284 e. The zero-order valence-corrected chi connectivity index (χ0v) is 14.2. The van der Waals surface area contributed by atoms with Crippen LogP contribution >= 0.6 is 23.2 Å². The fourth-order valence-electron chi connectivity index (χ4n) is 2.34. The third kappa shape index (κ3) is 3.09. The summed E-state index contributed by atoms with van der Waals surface area (Å²) in [6.07, 6.45) is 0. The molecule has 122 valence electrons. The van der Waals surface area contributed by atoms with Crippen LogP contribution in [0.2, 0.25) is 10.0 Å². The minimum Gasteiger partial charge on any atom is -0.322 e. The number of carbonyl (C=O) groups excluding carboxylic acids is 1. The molecule has 3 aromatic rings. The van der Waals surface area contributed by atoms with Crippen molar-refractivity contribution in [3.05, 3.63) is 80.2 Å². The third-order valence-corrected chi connectivity index (χ3v) is 4.23. The predicted molar refractivity (Wildman–Crippen MR) is 95.5 cm³/mol. The van der Waals surface area contributed by atoms with Crippen LogP contribution in [0.4, 0.5) is 5.69 Å². The molecule has 24 heavy (non-hydrogen) atoms. The Morgan fingerprint density at radius 1 is 1.08 bits per heavy atom. The Morgan fingerprint density at radius 2 is 1.79 bits per heavy atom. The predicted octanol–water partition coefficient (Wildman–Crippen LogP) is 4.03. The molecular weight excluding hydrogens is 349 g/mol. The van der Waals surface area contributed by atoms with E-state index >= 15 is 0 Å². The third-order valence-electron chi connectivity index (χ3n) is 3.49. The van der Waals surface area contributed by atoms with E-state index in [2.05, 4.69) is 10.4 Å². The number of nitrogens with zero attached hydrogens (tertiary/aromatic N) is 1. The molecule has 5 nitrogen and oxygen atoms in total. The summed E-state index contributed by atoms with van der Waals surface area (Å²) in [6.45, 7) is 1.67. The van der Waals surface area contributed by atoms with Gasteiger partial charge < -0.3 is 5.32 Å². The molecule has 2 N–H and O–H groups in total. The number of carbonyl (C=O) groups is 1. The van der Waals surface area contributed by atoms with Crippen LogP contribution in [0.3, 0.4) is 0 Å². The van der Waals surface area contributed by atoms with Gasteiger partial charge in [0.25, 0.3) is 11.5 Å². The van der Waals surface area contributed by atoms with E-state index in [1.165, 1.54) is 10.7 Å². The summed E-state index contributed by atoms with van der Waals surface area (Å²) < 4.78 is 1.33. The maximum absolute atomic E-state index is 12.6. The van der Waals surface area contributed by atoms with E-state index < -0.39 is 11.5 Å². The van der Waals surface area contributed by atoms with Crippen molar-refractivity contribution in [2.45, 2.75) is 6.92 Å². The molecule has 0 unspecified atom stereocenters. The Hall–Kier alpha value is -2.50. The van der Waals surface area contributed by atoms with Gasteiger partial charge in [-0.2, -0.15) is 0 Å². The van der Waals surface area contributed by atoms with Crippen LogP contribution in [0.25, 0.3) is 5.69 Å². The number of aromatic nitrogens is 2. The monoisotopic (exact) mass is 361 g/mol. The summed E-state index contributed by atoms with van der Waals surface area (Å²) in [4.78, 5) is 25.0. The summed E-state index contributed by atoms with van der Waals surface area (Å²) in [5.41, 5.74) is 1.21. The molecule has 1 heterocycles. The molecular formula is C17H13Cl2N3O2. The molecule has 1 amide bonds. The van der Waals surface area contributed by atoms with Gasteiger partial charge in [-0.05, 0) is 37.3 Å². The Balaban J connectivity index is 1.95. The average molecular weight is 362 g/mol. The van der Waals surface area contributed by atoms with Gasteiger partial charge in [0.2, 0.25) is 0 Å². The maximum atomic E-state index is 12.6. The largest absolute Gasteiger partial charge is 0.322 e. The average Bonchev–Trinajstić information content (AvgIpc) is 2.86. The zero-order chi connectivity index (χ0) is 17.3. The van der Waals surface area contributed by atoms with E-state index in [0.29, 0.717) is 27.1 Å². The van der Waals surface area contributed by atoms with E-state index in [1.54, 1.807) is 31.2 Å². The molecule has 0 radical (unpaired) electrons. The summed E-state index contributed by atoms with van der Waals surface area (Å²) in [5, 5.41) is 6.28. The number of para-hydroxylation sites is 1. The number of amides is 1. The van der Waals surface area contributed by atoms with Crippen molar-refractivity contribution >= 4 is 34.8 Å². The van der Waals surface area contributed by atoms with Gasteiger partial charge in [0.15, 0.2) is 0 Å². The molecule has 0 bridgehead atoms. The van der Waals surface area contributed by atoms with Crippen LogP contribution in [0.5, 0.6) is 0 Å². The van der Waals surface area contributed by atoms with Crippen LogP contribution in [0.1, 0.15) is 16.1 Å². The summed E-state index contributed by atoms with van der Waals surface area (Å²) in [7, 11) is 0. The van der Waals surface area contributed by atoms with Crippen LogP contribution in [-0.4, -0.2) is 15.7 Å². The number of nitrogens with one attached hydrogen (secondary N) is 2. The highest BCUT2D eigenvalue weighted by molar-refractivity contribution is 6.42. The highest BCUT2D eigenvalue weighted by Crippen LogP contribution is 2.25. The lowest BCUT2D eigenvalue weighted by molar-refractivity contribution is 0.102. The highest BCUT2D eigenvalue weighted by atomic mass is 35.5. The number of aromatic amines is 1. The fraction of sp³-hybridized carbons (Fsp3) is 0.0588. The Bertz CT molecular complexity index is 962. The van der Waals surface area contributed by atoms with Crippen molar-refractivity contribution in [3.8, 4) is 5.69 Å². The van der Waals surface area contributed by atoms with Crippen LogP contribution in [-0.2, 0) is 0 Å². The molecule has 7 heteroatoms. The standard InChI is InChI=1S/C17H13Cl2N3O2/c1-10-15(16(23)20-11-7-8-13(18)14(19)9-11)17(24)22(21-10)12-5-3-2-4-6-12/h2-9,21H,1H3,(H,20,23). The fourth-order valence-corrected chi connectivity index (χ4v) is 2.64. The van der Waals surface area contributed by atoms with Crippen molar-refractivity contribution < 1.29 is 4.79 Å². The normalized spacial score (nSPS) is 10.6. The van der Waals surface area contributed by atoms with Gasteiger partial charge in [-0.25, -0.2) is 4.68 Å². The number of benzene rings is 2. The second-order valence-electron chi connectivity index (χ2n) is 5.17. The zero-order valence-electron chi connectivity index (χ0n) is 12.6. The molecule has 0 fully saturated rings. The van der Waals surface area contributed by atoms with E-state index in [1.807, 2.05) is 18.2 Å². The second kappa shape index (κ2) is 6.55. The molecule has 3 rings (SSSR count). The van der Waals surface area contributed by atoms with Crippen LogP contribution in [0.15, 0.2) is 53.3 Å². The summed E-state index contributed by atoms with van der Waals surface area (Å²) in [5.74, 6) is -0.512. The summed E-state index contributed by atoms with van der Waals surface area (Å²) in [6, 6.07) is 13.7. The molecule has 0 aliphatic carbocycles. The van der Waals surface area contributed by atoms with Gasteiger partial charge in [0.1, 0.15) is 5.56 Å². The van der Waals surface area contributed by atoms with Gasteiger partial charge in [0, 0.05) is 11.4 Å². The number of hydrogen-bond acceptors (Lipinski definition) is 2. The Morgan fingerprint density at radius 3 is 2.46 bits per heavy atom. The molecule has 0 aliphatic heterocycles. The molecule has 0 saturated carbocycles. The van der Waals surface area contributed by atoms with Gasteiger partial charge in [-0.1, -0.05) is 41.4 Å². The number of rotatable bonds is 3. The minimum atomic E-state index is -0.512. The van der Waals surface area contributed by atoms with Crippen molar-refractivity contribution in [3.63, 3.8) is 0 Å². The highest BCUT2D eigenvalue weighted by Gasteiger charge is 2.19. The van der Waals surface area contributed by atoms with Crippen LogP contribution in [0, 0.1) is 6.92 Å². The van der Waals surface area contributed by atoms with E-state index in [9.17, 15) is 9.59 Å². The quantitative estimate of drug-likeness (QED) is 0.739. The Labute approximate surface area is 147 Å². The molecule has 0 atom stereocenters. The van der Waals surface area contributed by atoms with E-state index in [-0.39, 0.29) is 5.56 Å². The first kappa shape index (κ1) is 16.4. The van der Waals surface area contributed by atoms with Gasteiger partial charge >= 0.3 is 0 Å². The van der Waals surface area contributed by atoms with Crippen molar-refractivity contribution in [1.29, 1.82) is 0 Å². The number of aryl methyl sites for hydroxylation is 1. The van der Waals surface area contributed by atoms with Crippen molar-refractivity contribution in [1.82, 2.24) is 9.78 Å². The van der Waals surface area contributed by atoms with E-state index in [0.717, 1.165) is 0 Å². The molecule has 2 aromatic carbocycles. The number of hydrogen-bond donors (Lipinski definition) is 2. The lowest BCUT2D eigenvalue weighted by atomic mass is 10.2. The number of halogens is 2. The molecule has 0 spiro atoms. The molecule has 1 aromatic heterocycles. The Kier molecular flexibility index (Phi) is 4.46. The van der Waals surface area contributed by atoms with Crippen LogP contribution < -0.4 is 10.9 Å². The second-order valence-corrected chi connectivity index (χ2v) is 5.99. The first-order chi connectivity index (χ1) is 11.5. The van der Waals surface area contributed by atoms with Gasteiger partial charge in [-0.3, -0.25) is 14.7 Å². The summed E-state index contributed by atoms with van der Waals surface area (Å²) >= 11 is 11.8. The lowest BCUT2D eigenvalue weighted by Crippen LogP contribution is -2.24. The van der Waals surface area contributed by atoms with Gasteiger partial charge in [-0.15, -0.1) is 0 Å². The number of anilines is 1. The SMILES string of the molecule is Cc1[nH]n(-c2ccccc2)c(=O)c1C(=O)Nc1ccc(Cl)c(Cl)c1. The number of H-pyrrole nitrogens is 1. The van der Waals surface area contributed by atoms with Crippen molar-refractivity contribution in [2.24, 2.45) is 0 Å².